The second kappa shape index (κ2) is 16.9. The topological polar surface area (TPSA) is 91.8 Å². The first-order valence-electron chi connectivity index (χ1n) is 18.7. The number of likely N-dealkylation sites (tertiary alicyclic amines) is 1. The van der Waals surface area contributed by atoms with Gasteiger partial charge in [-0.05, 0) is 90.0 Å². The zero-order valence-electron chi connectivity index (χ0n) is 30.4. The number of rotatable bonds is 13. The predicted molar refractivity (Wildman–Crippen MR) is 207 cm³/mol. The van der Waals surface area contributed by atoms with Crippen LogP contribution in [0.15, 0.2) is 109 Å². The minimum Gasteiger partial charge on any atom is -0.396 e. The lowest BCUT2D eigenvalue weighted by atomic mass is 9.63. The number of benzene rings is 4. The molecular weight excluding hydrogens is 724 g/mol. The zero-order valence-corrected chi connectivity index (χ0v) is 31.3. The number of hydrogen-bond donors (Lipinski definition) is 2. The monoisotopic (exact) mass is 767 g/mol. The highest BCUT2D eigenvalue weighted by Crippen LogP contribution is 2.45. The molecule has 5 aromatic rings. The Morgan fingerprint density at radius 3 is 2.24 bits per heavy atom. The average molecular weight is 768 g/mol. The Morgan fingerprint density at radius 2 is 1.55 bits per heavy atom. The summed E-state index contributed by atoms with van der Waals surface area (Å²) in [5, 5.41) is 15.2. The van der Waals surface area contributed by atoms with Crippen molar-refractivity contribution in [1.29, 1.82) is 0 Å². The maximum absolute atomic E-state index is 13.7. The fraction of sp³-hybridized carbons (Fsp3) is 0.341. The van der Waals surface area contributed by atoms with E-state index in [1.54, 1.807) is 29.2 Å². The van der Waals surface area contributed by atoms with E-state index in [4.69, 9.17) is 9.72 Å². The van der Waals surface area contributed by atoms with Crippen molar-refractivity contribution in [3.8, 4) is 11.1 Å². The molecule has 1 aliphatic heterocycles. The van der Waals surface area contributed by atoms with Crippen molar-refractivity contribution in [2.75, 3.05) is 26.2 Å². The predicted octanol–water partition coefficient (Wildman–Crippen LogP) is 8.72. The van der Waals surface area contributed by atoms with Gasteiger partial charge in [-0.3, -0.25) is 9.59 Å². The number of hydrogen-bond acceptors (Lipinski definition) is 6. The van der Waals surface area contributed by atoms with Crippen LogP contribution in [0.4, 0.5) is 13.2 Å². The van der Waals surface area contributed by atoms with Gasteiger partial charge in [-0.2, -0.15) is 13.2 Å². The van der Waals surface area contributed by atoms with E-state index in [0.29, 0.717) is 67.9 Å². The number of amides is 2. The molecule has 2 amide bonds. The lowest BCUT2D eigenvalue weighted by Gasteiger charge is -2.48. The largest absolute Gasteiger partial charge is 0.416 e. The Kier molecular flexibility index (Phi) is 11.8. The number of halogens is 3. The first-order chi connectivity index (χ1) is 26.6. The summed E-state index contributed by atoms with van der Waals surface area (Å²) in [5.41, 5.74) is 4.50. The zero-order chi connectivity index (χ0) is 38.4. The van der Waals surface area contributed by atoms with Gasteiger partial charge >= 0.3 is 6.18 Å². The highest BCUT2D eigenvalue weighted by molar-refractivity contribution is 7.09. The van der Waals surface area contributed by atoms with Gasteiger partial charge in [-0.1, -0.05) is 84.9 Å². The number of ether oxygens (including phenoxy) is 1. The minimum absolute atomic E-state index is 0.104. The summed E-state index contributed by atoms with van der Waals surface area (Å²) in [6.45, 7) is 2.16. The number of aliphatic hydroxyl groups excluding tert-OH is 1. The number of thiazole rings is 1. The molecular formula is C44H44F3N3O4S. The molecule has 2 fully saturated rings. The summed E-state index contributed by atoms with van der Waals surface area (Å²) in [6, 6.07) is 30.3. The number of carbonyl (C=O) groups excluding carboxylic acids is 2. The molecule has 1 saturated carbocycles. The van der Waals surface area contributed by atoms with Crippen LogP contribution in [0.25, 0.3) is 11.1 Å². The molecule has 11 heteroatoms. The lowest BCUT2D eigenvalue weighted by molar-refractivity contribution is -0.137. The smallest absolute Gasteiger partial charge is 0.396 e. The molecule has 2 heterocycles. The molecule has 4 aromatic carbocycles. The van der Waals surface area contributed by atoms with Crippen LogP contribution < -0.4 is 5.32 Å². The van der Waals surface area contributed by atoms with Gasteiger partial charge < -0.3 is 20.1 Å². The molecule has 7 rings (SSSR count). The normalized spacial score (nSPS) is 18.8. The SMILES string of the molecule is O=C(NCC1(Cc2ccc(CCO)cc2)CC(OCc2ccccc2)C1)c1csc(C2CCN(C(=O)c3ccccc3-c3ccc(C(F)(F)F)cc3)CC2)n1. The van der Waals surface area contributed by atoms with Gasteiger partial charge in [0.25, 0.3) is 11.8 Å². The van der Waals surface area contributed by atoms with Crippen molar-refractivity contribution in [2.24, 2.45) is 5.41 Å². The molecule has 1 saturated heterocycles. The molecule has 0 bridgehead atoms. The molecule has 2 aliphatic rings. The molecule has 55 heavy (non-hydrogen) atoms. The van der Waals surface area contributed by atoms with E-state index in [1.165, 1.54) is 29.0 Å². The maximum Gasteiger partial charge on any atom is 0.416 e. The number of carbonyl (C=O) groups is 2. The molecule has 0 radical (unpaired) electrons. The fourth-order valence-corrected chi connectivity index (χ4v) is 8.72. The van der Waals surface area contributed by atoms with E-state index in [-0.39, 0.29) is 35.9 Å². The van der Waals surface area contributed by atoms with Crippen LogP contribution in [-0.4, -0.2) is 59.1 Å². The van der Waals surface area contributed by atoms with E-state index in [1.807, 2.05) is 23.6 Å². The highest BCUT2D eigenvalue weighted by atomic mass is 32.1. The fourth-order valence-electron chi connectivity index (χ4n) is 7.75. The van der Waals surface area contributed by atoms with Crippen LogP contribution in [0.1, 0.15) is 79.7 Å². The van der Waals surface area contributed by atoms with E-state index in [0.717, 1.165) is 47.5 Å². The third kappa shape index (κ3) is 9.35. The number of nitrogens with zero attached hydrogens (tertiary/aromatic N) is 2. The van der Waals surface area contributed by atoms with Gasteiger partial charge in [0.15, 0.2) is 0 Å². The van der Waals surface area contributed by atoms with Crippen molar-refractivity contribution in [1.82, 2.24) is 15.2 Å². The van der Waals surface area contributed by atoms with Crippen LogP contribution in [-0.2, 0) is 30.4 Å². The summed E-state index contributed by atoms with van der Waals surface area (Å²) in [6.07, 6.45) is 0.116. The second-order valence-electron chi connectivity index (χ2n) is 14.7. The lowest BCUT2D eigenvalue weighted by Crippen LogP contribution is -2.51. The summed E-state index contributed by atoms with van der Waals surface area (Å²) in [5.74, 6) is -0.261. The van der Waals surface area contributed by atoms with Crippen LogP contribution >= 0.6 is 11.3 Å². The number of alkyl halides is 3. The number of piperidine rings is 1. The summed E-state index contributed by atoms with van der Waals surface area (Å²) in [4.78, 5) is 33.7. The van der Waals surface area contributed by atoms with Gasteiger partial charge in [0, 0.05) is 43.1 Å². The van der Waals surface area contributed by atoms with Crippen molar-refractivity contribution in [3.63, 3.8) is 0 Å². The van der Waals surface area contributed by atoms with Gasteiger partial charge in [-0.15, -0.1) is 11.3 Å². The van der Waals surface area contributed by atoms with Crippen molar-refractivity contribution in [2.45, 2.75) is 63.3 Å². The van der Waals surface area contributed by atoms with E-state index in [9.17, 15) is 27.9 Å². The molecule has 2 N–H and O–H groups in total. The first kappa shape index (κ1) is 38.4. The van der Waals surface area contributed by atoms with Crippen LogP contribution in [0, 0.1) is 5.41 Å². The van der Waals surface area contributed by atoms with E-state index >= 15 is 0 Å². The van der Waals surface area contributed by atoms with Gasteiger partial charge in [0.2, 0.25) is 0 Å². The van der Waals surface area contributed by atoms with Crippen molar-refractivity contribution >= 4 is 23.2 Å². The maximum atomic E-state index is 13.7. The summed E-state index contributed by atoms with van der Waals surface area (Å²) in [7, 11) is 0. The molecule has 0 unspecified atom stereocenters. The van der Waals surface area contributed by atoms with Gasteiger partial charge in [-0.25, -0.2) is 4.98 Å². The van der Waals surface area contributed by atoms with Gasteiger partial charge in [0.1, 0.15) is 5.69 Å². The summed E-state index contributed by atoms with van der Waals surface area (Å²) >= 11 is 1.47. The Labute approximate surface area is 323 Å². The minimum atomic E-state index is -4.43. The van der Waals surface area contributed by atoms with Crippen LogP contribution in [0.2, 0.25) is 0 Å². The summed E-state index contributed by atoms with van der Waals surface area (Å²) < 4.78 is 45.7. The number of aliphatic hydroxyl groups is 1. The molecule has 0 spiro atoms. The number of aromatic nitrogens is 1. The quantitative estimate of drug-likeness (QED) is 0.125. The Bertz CT molecular complexity index is 2050. The average Bonchev–Trinajstić information content (AvgIpc) is 3.70. The molecule has 7 nitrogen and oxygen atoms in total. The third-order valence-corrected chi connectivity index (χ3v) is 11.9. The highest BCUT2D eigenvalue weighted by Gasteiger charge is 2.45. The Balaban J connectivity index is 0.946. The van der Waals surface area contributed by atoms with Crippen molar-refractivity contribution in [3.05, 3.63) is 147 Å². The molecule has 1 aromatic heterocycles. The second-order valence-corrected chi connectivity index (χ2v) is 15.6. The van der Waals surface area contributed by atoms with E-state index in [2.05, 4.69) is 41.7 Å². The molecule has 286 valence electrons. The van der Waals surface area contributed by atoms with Crippen molar-refractivity contribution < 1.29 is 32.6 Å². The molecule has 0 atom stereocenters. The first-order valence-corrected chi connectivity index (χ1v) is 19.6. The molecule has 1 aliphatic carbocycles. The van der Waals surface area contributed by atoms with E-state index < -0.39 is 11.7 Å². The third-order valence-electron chi connectivity index (χ3n) is 10.8. The van der Waals surface area contributed by atoms with Crippen LogP contribution in [0.5, 0.6) is 0 Å². The van der Waals surface area contributed by atoms with Crippen LogP contribution in [0.3, 0.4) is 0 Å². The Hall–Kier alpha value is -4.84. The van der Waals surface area contributed by atoms with Gasteiger partial charge in [0.05, 0.1) is 23.3 Å². The number of nitrogens with one attached hydrogen (secondary N) is 1. The standard InChI is InChI=1S/C44H44F3N3O4S/c45-44(46,47)35-16-14-33(15-17-35)37-8-4-5-9-38(37)42(53)50-21-18-34(19-22-50)41-49-39(28-55-41)40(52)48-29-43(24-31-12-10-30(11-13-31)20-23-51)25-36(26-43)54-27-32-6-2-1-3-7-32/h1-17,28,34,36,51H,18-27,29H2,(H,48,52). The Morgan fingerprint density at radius 1 is 0.873 bits per heavy atom.